The minimum Gasteiger partial charge on any atom is -0.474 e. The van der Waals surface area contributed by atoms with Crippen LogP contribution in [0.1, 0.15) is 19.4 Å². The highest BCUT2D eigenvalue weighted by Crippen LogP contribution is 2.24. The van der Waals surface area contributed by atoms with Gasteiger partial charge in [0.2, 0.25) is 5.88 Å². The van der Waals surface area contributed by atoms with Gasteiger partial charge in [0.15, 0.2) is 5.03 Å². The van der Waals surface area contributed by atoms with E-state index in [1.165, 1.54) is 28.1 Å². The van der Waals surface area contributed by atoms with Gasteiger partial charge in [-0.05, 0) is 31.9 Å². The Bertz CT molecular complexity index is 1020. The summed E-state index contributed by atoms with van der Waals surface area (Å²) in [4.78, 5) is 21.2. The van der Waals surface area contributed by atoms with Gasteiger partial charge in [0, 0.05) is 18.1 Å². The van der Waals surface area contributed by atoms with Crippen LogP contribution >= 0.6 is 23.4 Å². The summed E-state index contributed by atoms with van der Waals surface area (Å²) in [6.45, 7) is 3.31. The highest BCUT2D eigenvalue weighted by Gasteiger charge is 2.16. The van der Waals surface area contributed by atoms with Crippen molar-refractivity contribution >= 4 is 23.4 Å². The highest BCUT2D eigenvalue weighted by atomic mass is 35.5. The zero-order valence-electron chi connectivity index (χ0n) is 16.2. The predicted octanol–water partition coefficient (Wildman–Crippen LogP) is 3.77. The van der Waals surface area contributed by atoms with Crippen LogP contribution in [0.2, 0.25) is 5.02 Å². The molecule has 0 fully saturated rings. The summed E-state index contributed by atoms with van der Waals surface area (Å²) >= 11 is 7.66. The monoisotopic (exact) mass is 431 g/mol. The van der Waals surface area contributed by atoms with Crippen LogP contribution in [0.15, 0.2) is 64.8 Å². The molecular formula is C21H22ClN3O3S. The van der Waals surface area contributed by atoms with Gasteiger partial charge >= 0.3 is 0 Å². The maximum absolute atomic E-state index is 12.8. The Morgan fingerprint density at radius 3 is 2.69 bits per heavy atom. The summed E-state index contributed by atoms with van der Waals surface area (Å²) in [5.74, 6) is 0.955. The van der Waals surface area contributed by atoms with Crippen LogP contribution < -0.4 is 10.3 Å². The molecule has 0 aliphatic rings. The summed E-state index contributed by atoms with van der Waals surface area (Å²) in [6, 6.07) is 11.7. The van der Waals surface area contributed by atoms with E-state index in [0.29, 0.717) is 10.7 Å². The maximum atomic E-state index is 12.8. The van der Waals surface area contributed by atoms with Crippen molar-refractivity contribution in [3.8, 4) is 11.6 Å². The molecule has 0 unspecified atom stereocenters. The van der Waals surface area contributed by atoms with Crippen LogP contribution in [0, 0.1) is 0 Å². The fourth-order valence-electron chi connectivity index (χ4n) is 2.50. The van der Waals surface area contributed by atoms with E-state index in [-0.39, 0.29) is 23.1 Å². The van der Waals surface area contributed by atoms with Crippen molar-refractivity contribution in [3.05, 3.63) is 75.9 Å². The largest absolute Gasteiger partial charge is 0.474 e. The Morgan fingerprint density at radius 1 is 1.24 bits per heavy atom. The Kier molecular flexibility index (Phi) is 6.95. The zero-order valence-corrected chi connectivity index (χ0v) is 17.8. The number of nitrogens with zero attached hydrogens (tertiary/aromatic N) is 3. The molecule has 0 saturated heterocycles. The minimum absolute atomic E-state index is 0.0521. The number of aryl methyl sites for hydroxylation is 1. The number of ether oxygens (including phenoxy) is 1. The number of halogens is 1. The molecule has 0 aliphatic carbocycles. The second-order valence-electron chi connectivity index (χ2n) is 7.07. The van der Waals surface area contributed by atoms with E-state index < -0.39 is 5.60 Å². The van der Waals surface area contributed by atoms with Gasteiger partial charge in [-0.2, -0.15) is 0 Å². The first kappa shape index (κ1) is 21.4. The van der Waals surface area contributed by atoms with E-state index >= 15 is 0 Å². The van der Waals surface area contributed by atoms with Crippen molar-refractivity contribution in [3.63, 3.8) is 0 Å². The Morgan fingerprint density at radius 2 is 2.00 bits per heavy atom. The first-order chi connectivity index (χ1) is 13.8. The normalized spacial score (nSPS) is 11.4. The molecule has 0 amide bonds. The lowest BCUT2D eigenvalue weighted by molar-refractivity contribution is 0.0269. The molecule has 1 N–H and O–H groups in total. The van der Waals surface area contributed by atoms with Gasteiger partial charge in [-0.15, -0.1) is 11.8 Å². The van der Waals surface area contributed by atoms with Crippen molar-refractivity contribution in [1.82, 2.24) is 14.5 Å². The summed E-state index contributed by atoms with van der Waals surface area (Å²) in [6.07, 6.45) is 5.51. The molecule has 0 spiro atoms. The third kappa shape index (κ3) is 6.06. The average Bonchev–Trinajstić information content (AvgIpc) is 2.68. The summed E-state index contributed by atoms with van der Waals surface area (Å²) in [5, 5.41) is 10.4. The van der Waals surface area contributed by atoms with Gasteiger partial charge < -0.3 is 9.84 Å². The van der Waals surface area contributed by atoms with Gasteiger partial charge in [0.1, 0.15) is 11.6 Å². The molecule has 6 nitrogen and oxygen atoms in total. The fourth-order valence-corrected chi connectivity index (χ4v) is 3.61. The van der Waals surface area contributed by atoms with Gasteiger partial charge in [0.05, 0.1) is 17.5 Å². The van der Waals surface area contributed by atoms with Crippen molar-refractivity contribution < 1.29 is 9.84 Å². The fraction of sp³-hybridized carbons (Fsp3) is 0.286. The molecule has 152 valence electrons. The number of hydrogen-bond acceptors (Lipinski definition) is 6. The van der Waals surface area contributed by atoms with E-state index in [4.69, 9.17) is 16.3 Å². The van der Waals surface area contributed by atoms with E-state index in [2.05, 4.69) is 22.1 Å². The molecule has 0 saturated carbocycles. The predicted molar refractivity (Wildman–Crippen MR) is 115 cm³/mol. The molecule has 1 aromatic carbocycles. The van der Waals surface area contributed by atoms with Gasteiger partial charge in [0.25, 0.3) is 5.56 Å². The van der Waals surface area contributed by atoms with Crippen LogP contribution in [0.25, 0.3) is 5.69 Å². The molecule has 8 heteroatoms. The number of aromatic nitrogens is 3. The second kappa shape index (κ2) is 9.43. The summed E-state index contributed by atoms with van der Waals surface area (Å²) in [7, 11) is 0. The highest BCUT2D eigenvalue weighted by molar-refractivity contribution is 7.99. The molecule has 0 aliphatic heterocycles. The average molecular weight is 432 g/mol. The van der Waals surface area contributed by atoms with E-state index in [9.17, 15) is 9.90 Å². The molecule has 2 aromatic heterocycles. The molecule has 2 heterocycles. The number of benzene rings is 1. The van der Waals surface area contributed by atoms with Crippen LogP contribution in [0.5, 0.6) is 5.88 Å². The van der Waals surface area contributed by atoms with Crippen LogP contribution in [-0.4, -0.2) is 37.6 Å². The first-order valence-electron chi connectivity index (χ1n) is 9.09. The SMILES string of the molecule is CC(C)(O)COc1ncc(-n2ccnc(SCCc3ccccc3)c2=O)cc1Cl. The molecule has 0 bridgehead atoms. The second-order valence-corrected chi connectivity index (χ2v) is 8.56. The molecular weight excluding hydrogens is 410 g/mol. The third-order valence-electron chi connectivity index (χ3n) is 3.91. The van der Waals surface area contributed by atoms with Crippen LogP contribution in [-0.2, 0) is 6.42 Å². The number of hydrogen-bond donors (Lipinski definition) is 1. The zero-order chi connectivity index (χ0) is 20.9. The summed E-state index contributed by atoms with van der Waals surface area (Å²) in [5.41, 5.74) is 0.503. The quantitative estimate of drug-likeness (QED) is 0.547. The number of pyridine rings is 1. The molecule has 0 atom stereocenters. The maximum Gasteiger partial charge on any atom is 0.287 e. The van der Waals surface area contributed by atoms with E-state index in [1.807, 2.05) is 18.2 Å². The lowest BCUT2D eigenvalue weighted by Gasteiger charge is -2.18. The van der Waals surface area contributed by atoms with Crippen molar-refractivity contribution in [2.24, 2.45) is 0 Å². The van der Waals surface area contributed by atoms with Gasteiger partial charge in [-0.25, -0.2) is 9.97 Å². The third-order valence-corrected chi connectivity index (χ3v) is 5.15. The molecule has 3 rings (SSSR count). The first-order valence-corrected chi connectivity index (χ1v) is 10.5. The van der Waals surface area contributed by atoms with Crippen molar-refractivity contribution in [2.45, 2.75) is 30.9 Å². The van der Waals surface area contributed by atoms with Crippen molar-refractivity contribution in [2.75, 3.05) is 12.4 Å². The molecule has 0 radical (unpaired) electrons. The summed E-state index contributed by atoms with van der Waals surface area (Å²) < 4.78 is 6.90. The van der Waals surface area contributed by atoms with Crippen LogP contribution in [0.3, 0.4) is 0 Å². The Hall–Kier alpha value is -2.35. The number of rotatable bonds is 8. The standard InChI is InChI=1S/C21H22ClN3O3S/c1-21(2,27)14-28-18-17(22)12-16(13-24-18)25-10-9-23-19(20(25)26)29-11-8-15-6-4-3-5-7-15/h3-7,9-10,12-13,27H,8,11,14H2,1-2H3. The Balaban J connectivity index is 1.73. The minimum atomic E-state index is -1.00. The Labute approximate surface area is 178 Å². The smallest absolute Gasteiger partial charge is 0.287 e. The van der Waals surface area contributed by atoms with Gasteiger partial charge in [-0.1, -0.05) is 41.9 Å². The van der Waals surface area contributed by atoms with E-state index in [1.54, 1.807) is 32.3 Å². The molecule has 29 heavy (non-hydrogen) atoms. The van der Waals surface area contributed by atoms with E-state index in [0.717, 1.165) is 12.2 Å². The number of aliphatic hydroxyl groups is 1. The van der Waals surface area contributed by atoms with Crippen molar-refractivity contribution in [1.29, 1.82) is 0 Å². The lowest BCUT2D eigenvalue weighted by Crippen LogP contribution is -2.28. The number of thioether (sulfide) groups is 1. The van der Waals surface area contributed by atoms with Crippen LogP contribution in [0.4, 0.5) is 0 Å². The van der Waals surface area contributed by atoms with Gasteiger partial charge in [-0.3, -0.25) is 9.36 Å². The topological polar surface area (TPSA) is 77.2 Å². The molecule has 3 aromatic rings. The lowest BCUT2D eigenvalue weighted by atomic mass is 10.2.